The third-order valence-corrected chi connectivity index (χ3v) is 5.45. The highest BCUT2D eigenvalue weighted by Gasteiger charge is 2.71. The molecule has 5 heteroatoms. The third-order valence-electron chi connectivity index (χ3n) is 5.45. The van der Waals surface area contributed by atoms with Gasteiger partial charge in [-0.15, -0.1) is 6.58 Å². The number of carbonyl (C=O) groups is 2. The van der Waals surface area contributed by atoms with Crippen molar-refractivity contribution in [1.82, 2.24) is 0 Å². The second-order valence-corrected chi connectivity index (χ2v) is 6.84. The standard InChI is InChI=1S/C18H24O5/c1-4-7-14-10-17(22-13(3)20)11-16(21-12(2)19)23-18(17)9-6-5-8-15(14)18/h4-6,14-16H,1,7-11H2,2-3H3/t14-,15-,16+,17+,18-/m1/s1. The lowest BCUT2D eigenvalue weighted by atomic mass is 9.73. The number of ether oxygens (including phenoxy) is 3. The molecular weight excluding hydrogens is 296 g/mol. The van der Waals surface area contributed by atoms with E-state index in [9.17, 15) is 9.59 Å². The predicted octanol–water partition coefficient (Wildman–Crippen LogP) is 2.90. The van der Waals surface area contributed by atoms with E-state index in [-0.39, 0.29) is 17.9 Å². The molecule has 0 bridgehead atoms. The zero-order valence-corrected chi connectivity index (χ0v) is 13.7. The molecule has 1 spiro atoms. The summed E-state index contributed by atoms with van der Waals surface area (Å²) in [5.74, 6) is -0.0978. The molecule has 1 heterocycles. The molecule has 3 aliphatic rings. The average molecular weight is 320 g/mol. The maximum absolute atomic E-state index is 11.8. The van der Waals surface area contributed by atoms with E-state index in [0.717, 1.165) is 19.3 Å². The van der Waals surface area contributed by atoms with E-state index < -0.39 is 17.5 Å². The molecule has 5 atom stereocenters. The molecular formula is C18H24O5. The van der Waals surface area contributed by atoms with Gasteiger partial charge in [0.2, 0.25) is 6.29 Å². The van der Waals surface area contributed by atoms with Gasteiger partial charge < -0.3 is 14.2 Å². The second-order valence-electron chi connectivity index (χ2n) is 6.84. The summed E-state index contributed by atoms with van der Waals surface area (Å²) in [7, 11) is 0. The van der Waals surface area contributed by atoms with Gasteiger partial charge in [-0.1, -0.05) is 18.2 Å². The van der Waals surface area contributed by atoms with Crippen molar-refractivity contribution < 1.29 is 23.8 Å². The first kappa shape index (κ1) is 16.2. The zero-order valence-electron chi connectivity index (χ0n) is 13.7. The molecule has 0 aromatic rings. The van der Waals surface area contributed by atoms with Crippen LogP contribution in [0.5, 0.6) is 0 Å². The van der Waals surface area contributed by atoms with Crippen LogP contribution in [0.3, 0.4) is 0 Å². The van der Waals surface area contributed by atoms with Crippen LogP contribution in [-0.2, 0) is 23.8 Å². The highest BCUT2D eigenvalue weighted by molar-refractivity contribution is 5.67. The van der Waals surface area contributed by atoms with Crippen molar-refractivity contribution in [3.63, 3.8) is 0 Å². The quantitative estimate of drug-likeness (QED) is 0.589. The molecule has 5 nitrogen and oxygen atoms in total. The van der Waals surface area contributed by atoms with E-state index in [1.807, 2.05) is 6.08 Å². The van der Waals surface area contributed by atoms with E-state index in [1.165, 1.54) is 13.8 Å². The van der Waals surface area contributed by atoms with Gasteiger partial charge >= 0.3 is 11.9 Å². The third kappa shape index (κ3) is 2.51. The van der Waals surface area contributed by atoms with Gasteiger partial charge in [-0.2, -0.15) is 0 Å². The molecule has 23 heavy (non-hydrogen) atoms. The summed E-state index contributed by atoms with van der Waals surface area (Å²) in [4.78, 5) is 23.1. The first-order chi connectivity index (χ1) is 10.9. The molecule has 1 saturated heterocycles. The van der Waals surface area contributed by atoms with Crippen molar-refractivity contribution >= 4 is 11.9 Å². The van der Waals surface area contributed by atoms with Gasteiger partial charge in [-0.3, -0.25) is 9.59 Å². The molecule has 2 fully saturated rings. The maximum Gasteiger partial charge on any atom is 0.304 e. The van der Waals surface area contributed by atoms with Crippen molar-refractivity contribution in [2.75, 3.05) is 0 Å². The molecule has 3 rings (SSSR count). The molecule has 126 valence electrons. The van der Waals surface area contributed by atoms with Crippen molar-refractivity contribution in [3.05, 3.63) is 24.8 Å². The van der Waals surface area contributed by atoms with E-state index in [4.69, 9.17) is 14.2 Å². The fraction of sp³-hybridized carbons (Fsp3) is 0.667. The van der Waals surface area contributed by atoms with Gasteiger partial charge in [0.1, 0.15) is 11.2 Å². The summed E-state index contributed by atoms with van der Waals surface area (Å²) < 4.78 is 17.4. The van der Waals surface area contributed by atoms with Gasteiger partial charge in [-0.05, 0) is 37.5 Å². The molecule has 0 radical (unpaired) electrons. The SMILES string of the molecule is C=CC[C@@H]1C[C@]2(OC(C)=O)C[C@@H](OC(C)=O)O[C@@]23CC=CC[C@H]13. The lowest BCUT2D eigenvalue weighted by molar-refractivity contribution is -0.209. The number of esters is 2. The van der Waals surface area contributed by atoms with Crippen LogP contribution in [0.25, 0.3) is 0 Å². The number of allylic oxidation sites excluding steroid dienone is 2. The Morgan fingerprint density at radius 3 is 2.74 bits per heavy atom. The van der Waals surface area contributed by atoms with Crippen molar-refractivity contribution in [3.8, 4) is 0 Å². The predicted molar refractivity (Wildman–Crippen MR) is 83.3 cm³/mol. The zero-order chi connectivity index (χ0) is 16.7. The minimum Gasteiger partial charge on any atom is -0.456 e. The summed E-state index contributed by atoms with van der Waals surface area (Å²) in [6.07, 6.45) is 9.08. The Bertz CT molecular complexity index is 554. The molecule has 0 N–H and O–H groups in total. The Morgan fingerprint density at radius 2 is 2.09 bits per heavy atom. The highest BCUT2D eigenvalue weighted by atomic mass is 16.7. The van der Waals surface area contributed by atoms with E-state index in [2.05, 4.69) is 18.7 Å². The largest absolute Gasteiger partial charge is 0.456 e. The van der Waals surface area contributed by atoms with Crippen LogP contribution in [0.1, 0.15) is 46.0 Å². The Kier molecular flexibility index (Phi) is 4.08. The van der Waals surface area contributed by atoms with Crippen LogP contribution in [0.2, 0.25) is 0 Å². The van der Waals surface area contributed by atoms with E-state index in [1.54, 1.807) is 0 Å². The van der Waals surface area contributed by atoms with Crippen LogP contribution in [0.4, 0.5) is 0 Å². The molecule has 0 unspecified atom stereocenters. The van der Waals surface area contributed by atoms with Gasteiger partial charge in [0.25, 0.3) is 0 Å². The van der Waals surface area contributed by atoms with Crippen LogP contribution in [0.15, 0.2) is 24.8 Å². The molecule has 0 aromatic carbocycles. The van der Waals surface area contributed by atoms with Gasteiger partial charge in [0.15, 0.2) is 0 Å². The average Bonchev–Trinajstić information content (AvgIpc) is 2.83. The summed E-state index contributed by atoms with van der Waals surface area (Å²) in [5, 5.41) is 0. The summed E-state index contributed by atoms with van der Waals surface area (Å²) in [5.41, 5.74) is -1.32. The summed E-state index contributed by atoms with van der Waals surface area (Å²) in [6.45, 7) is 6.65. The topological polar surface area (TPSA) is 61.8 Å². The molecule has 0 amide bonds. The molecule has 0 aromatic heterocycles. The Morgan fingerprint density at radius 1 is 1.30 bits per heavy atom. The van der Waals surface area contributed by atoms with Crippen LogP contribution in [0, 0.1) is 11.8 Å². The number of carbonyl (C=O) groups excluding carboxylic acids is 2. The lowest BCUT2D eigenvalue weighted by Crippen LogP contribution is -2.53. The molecule has 2 aliphatic carbocycles. The number of rotatable bonds is 4. The monoisotopic (exact) mass is 320 g/mol. The molecule has 1 aliphatic heterocycles. The van der Waals surface area contributed by atoms with Gasteiger partial charge in [0.05, 0.1) is 6.42 Å². The van der Waals surface area contributed by atoms with Crippen LogP contribution >= 0.6 is 0 Å². The van der Waals surface area contributed by atoms with Crippen molar-refractivity contribution in [1.29, 1.82) is 0 Å². The Hall–Kier alpha value is -1.62. The minimum absolute atomic E-state index is 0.241. The van der Waals surface area contributed by atoms with Gasteiger partial charge in [-0.25, -0.2) is 0 Å². The van der Waals surface area contributed by atoms with Crippen molar-refractivity contribution in [2.45, 2.75) is 63.4 Å². The summed E-state index contributed by atoms with van der Waals surface area (Å²) >= 11 is 0. The smallest absolute Gasteiger partial charge is 0.304 e. The highest BCUT2D eigenvalue weighted by Crippen LogP contribution is 2.63. The Balaban J connectivity index is 1.98. The van der Waals surface area contributed by atoms with Crippen LogP contribution in [-0.4, -0.2) is 29.4 Å². The lowest BCUT2D eigenvalue weighted by Gasteiger charge is -2.42. The fourth-order valence-corrected chi connectivity index (χ4v) is 4.88. The maximum atomic E-state index is 11.8. The molecule has 1 saturated carbocycles. The summed E-state index contributed by atoms with van der Waals surface area (Å²) in [6, 6.07) is 0. The fourth-order valence-electron chi connectivity index (χ4n) is 4.88. The first-order valence-electron chi connectivity index (χ1n) is 8.23. The number of hydrogen-bond acceptors (Lipinski definition) is 5. The van der Waals surface area contributed by atoms with E-state index in [0.29, 0.717) is 18.8 Å². The first-order valence-corrected chi connectivity index (χ1v) is 8.23. The van der Waals surface area contributed by atoms with E-state index >= 15 is 0 Å². The number of hydrogen-bond donors (Lipinski definition) is 0. The second kappa shape index (κ2) is 5.78. The normalized spacial score (nSPS) is 41.0. The van der Waals surface area contributed by atoms with Crippen LogP contribution < -0.4 is 0 Å². The Labute approximate surface area is 136 Å². The van der Waals surface area contributed by atoms with Crippen molar-refractivity contribution in [2.24, 2.45) is 11.8 Å². The van der Waals surface area contributed by atoms with Gasteiger partial charge in [0, 0.05) is 13.8 Å². The minimum atomic E-state index is -0.720.